The van der Waals surface area contributed by atoms with Gasteiger partial charge < -0.3 is 19.6 Å². The van der Waals surface area contributed by atoms with Crippen molar-refractivity contribution < 1.29 is 0 Å². The number of anilines is 3. The van der Waals surface area contributed by atoms with Gasteiger partial charge in [-0.25, -0.2) is 0 Å². The van der Waals surface area contributed by atoms with E-state index in [1.807, 2.05) is 6.08 Å². The first-order valence-electron chi connectivity index (χ1n) is 14.4. The Kier molecular flexibility index (Phi) is 11.2. The first-order valence-corrected chi connectivity index (χ1v) is 14.4. The fraction of sp³-hybridized carbons (Fsp3) is 0.314. The summed E-state index contributed by atoms with van der Waals surface area (Å²) < 4.78 is 0. The lowest BCUT2D eigenvalue weighted by molar-refractivity contribution is 0.353. The lowest BCUT2D eigenvalue weighted by atomic mass is 10.2. The van der Waals surface area contributed by atoms with Gasteiger partial charge in [-0.1, -0.05) is 73.3 Å². The van der Waals surface area contributed by atoms with Crippen LogP contribution < -0.4 is 14.7 Å². The molecule has 1 fully saturated rings. The minimum atomic E-state index is 0.956. The van der Waals surface area contributed by atoms with Crippen LogP contribution in [0.3, 0.4) is 0 Å². The second-order valence-corrected chi connectivity index (χ2v) is 9.98. The van der Waals surface area contributed by atoms with E-state index in [2.05, 4.69) is 142 Å². The molecule has 4 nitrogen and oxygen atoms in total. The van der Waals surface area contributed by atoms with Gasteiger partial charge in [0.25, 0.3) is 0 Å². The average Bonchev–Trinajstić information content (AvgIpc) is 3.00. The van der Waals surface area contributed by atoms with Crippen LogP contribution in [0.4, 0.5) is 17.1 Å². The quantitative estimate of drug-likeness (QED) is 0.317. The van der Waals surface area contributed by atoms with Crippen molar-refractivity contribution in [3.05, 3.63) is 128 Å². The number of rotatable bonds is 6. The minimum Gasteiger partial charge on any atom is -0.370 e. The van der Waals surface area contributed by atoms with Crippen LogP contribution in [0.15, 0.2) is 128 Å². The predicted molar refractivity (Wildman–Crippen MR) is 170 cm³/mol. The van der Waals surface area contributed by atoms with E-state index in [4.69, 9.17) is 0 Å². The van der Waals surface area contributed by atoms with E-state index in [9.17, 15) is 0 Å². The molecule has 0 bridgehead atoms. The number of hydrogen-bond donors (Lipinski definition) is 0. The normalized spacial score (nSPS) is 16.8. The van der Waals surface area contributed by atoms with Crippen LogP contribution in [0.1, 0.15) is 19.8 Å². The molecule has 1 aliphatic rings. The third-order valence-electron chi connectivity index (χ3n) is 7.39. The smallest absolute Gasteiger partial charge is 0.0366 e. The lowest BCUT2D eigenvalue weighted by Gasteiger charge is -2.35. The van der Waals surface area contributed by atoms with Gasteiger partial charge in [0.05, 0.1) is 0 Å². The molecule has 0 aromatic heterocycles. The first kappa shape index (κ1) is 28.1. The Bertz CT molecular complexity index is 1160. The summed E-state index contributed by atoms with van der Waals surface area (Å²) in [7, 11) is 0. The molecule has 39 heavy (non-hydrogen) atoms. The molecule has 4 rings (SSSR count). The Morgan fingerprint density at radius 2 is 0.974 bits per heavy atom. The Labute approximate surface area is 236 Å². The Morgan fingerprint density at radius 3 is 1.38 bits per heavy atom. The van der Waals surface area contributed by atoms with Crippen LogP contribution in [-0.4, -0.2) is 57.3 Å². The molecule has 0 aliphatic carbocycles. The molecule has 204 valence electrons. The van der Waals surface area contributed by atoms with Crippen LogP contribution in [-0.2, 0) is 0 Å². The highest BCUT2D eigenvalue weighted by molar-refractivity contribution is 5.49. The highest BCUT2D eigenvalue weighted by Gasteiger charge is 2.16. The second kappa shape index (κ2) is 15.5. The van der Waals surface area contributed by atoms with Gasteiger partial charge in [-0.3, -0.25) is 0 Å². The molecule has 3 aromatic carbocycles. The molecule has 4 heteroatoms. The molecule has 0 N–H and O–H groups in total. The minimum absolute atomic E-state index is 0.956. The number of hydrogen-bond acceptors (Lipinski definition) is 4. The van der Waals surface area contributed by atoms with Crippen LogP contribution in [0, 0.1) is 0 Å². The molecular weight excluding hydrogens is 476 g/mol. The van der Waals surface area contributed by atoms with Gasteiger partial charge in [-0.2, -0.15) is 0 Å². The van der Waals surface area contributed by atoms with E-state index in [1.54, 1.807) is 0 Å². The summed E-state index contributed by atoms with van der Waals surface area (Å²) >= 11 is 0. The van der Waals surface area contributed by atoms with Crippen LogP contribution in [0.2, 0.25) is 0 Å². The SMILES string of the molecule is C=C/C(=C\C=C/C)N1CCCN(c2ccccc2)CCN(c2ccccc2)CCCN(c2ccccc2)CC1. The largest absolute Gasteiger partial charge is 0.370 e. The van der Waals surface area contributed by atoms with Crippen molar-refractivity contribution in [1.82, 2.24) is 4.90 Å². The van der Waals surface area contributed by atoms with Crippen LogP contribution >= 0.6 is 0 Å². The number of nitrogens with zero attached hydrogens (tertiary/aromatic N) is 4. The molecule has 0 spiro atoms. The van der Waals surface area contributed by atoms with Gasteiger partial charge in [0.2, 0.25) is 0 Å². The van der Waals surface area contributed by atoms with Crippen molar-refractivity contribution in [2.24, 2.45) is 0 Å². The zero-order chi connectivity index (χ0) is 27.1. The summed E-state index contributed by atoms with van der Waals surface area (Å²) in [6, 6.07) is 32.7. The van der Waals surface area contributed by atoms with Gasteiger partial charge in [-0.15, -0.1) is 0 Å². The molecule has 0 amide bonds. The highest BCUT2D eigenvalue weighted by atomic mass is 15.2. The summed E-state index contributed by atoms with van der Waals surface area (Å²) in [5, 5.41) is 0. The molecule has 1 saturated heterocycles. The van der Waals surface area contributed by atoms with Gasteiger partial charge >= 0.3 is 0 Å². The highest BCUT2D eigenvalue weighted by Crippen LogP contribution is 2.20. The molecule has 3 aromatic rings. The fourth-order valence-corrected chi connectivity index (χ4v) is 5.28. The maximum atomic E-state index is 4.15. The lowest BCUT2D eigenvalue weighted by Crippen LogP contribution is -2.41. The van der Waals surface area contributed by atoms with E-state index in [1.165, 1.54) is 22.8 Å². The van der Waals surface area contributed by atoms with Crippen molar-refractivity contribution in [1.29, 1.82) is 0 Å². The third kappa shape index (κ3) is 8.54. The van der Waals surface area contributed by atoms with E-state index >= 15 is 0 Å². The van der Waals surface area contributed by atoms with Gasteiger partial charge in [0, 0.05) is 75.1 Å². The maximum absolute atomic E-state index is 4.15. The van der Waals surface area contributed by atoms with Crippen molar-refractivity contribution in [2.45, 2.75) is 19.8 Å². The topological polar surface area (TPSA) is 13.0 Å². The summed E-state index contributed by atoms with van der Waals surface area (Å²) in [4.78, 5) is 10.2. The zero-order valence-corrected chi connectivity index (χ0v) is 23.5. The van der Waals surface area contributed by atoms with Crippen molar-refractivity contribution >= 4 is 17.1 Å². The van der Waals surface area contributed by atoms with Gasteiger partial charge in [-0.05, 0) is 68.3 Å². The fourth-order valence-electron chi connectivity index (χ4n) is 5.28. The van der Waals surface area contributed by atoms with Crippen molar-refractivity contribution in [3.63, 3.8) is 0 Å². The molecule has 0 atom stereocenters. The summed E-state index contributed by atoms with van der Waals surface area (Å²) in [6.07, 6.45) is 10.6. The summed E-state index contributed by atoms with van der Waals surface area (Å²) in [6.45, 7) is 14.2. The van der Waals surface area contributed by atoms with E-state index < -0.39 is 0 Å². The Hall–Kier alpha value is -3.92. The standard InChI is InChI=1S/C35H44N4/c1-3-5-17-32(4-2)36-24-15-25-38(34-20-11-7-12-21-34)30-31-39(35-22-13-8-14-23-35)27-16-26-37(29-28-36)33-18-9-6-10-19-33/h3-14,17-23H,2,15-16,24-31H2,1H3/b5-3-,32-17+. The molecule has 0 radical (unpaired) electrons. The Balaban J connectivity index is 1.60. The van der Waals surface area contributed by atoms with Crippen LogP contribution in [0.25, 0.3) is 0 Å². The number of benzene rings is 3. The summed E-state index contributed by atoms with van der Waals surface area (Å²) in [5.41, 5.74) is 5.09. The molecule has 0 unspecified atom stereocenters. The molecule has 1 aliphatic heterocycles. The monoisotopic (exact) mass is 520 g/mol. The van der Waals surface area contributed by atoms with Gasteiger partial charge in [0.1, 0.15) is 0 Å². The van der Waals surface area contributed by atoms with E-state index in [0.29, 0.717) is 0 Å². The van der Waals surface area contributed by atoms with E-state index in [-0.39, 0.29) is 0 Å². The van der Waals surface area contributed by atoms with Gasteiger partial charge in [0.15, 0.2) is 0 Å². The zero-order valence-electron chi connectivity index (χ0n) is 23.5. The van der Waals surface area contributed by atoms with E-state index in [0.717, 1.165) is 65.2 Å². The van der Waals surface area contributed by atoms with Crippen molar-refractivity contribution in [3.8, 4) is 0 Å². The maximum Gasteiger partial charge on any atom is 0.0366 e. The third-order valence-corrected chi connectivity index (χ3v) is 7.39. The van der Waals surface area contributed by atoms with Crippen molar-refractivity contribution in [2.75, 3.05) is 67.1 Å². The first-order chi connectivity index (χ1) is 19.3. The molecule has 0 saturated carbocycles. The number of para-hydroxylation sites is 3. The number of allylic oxidation sites excluding steroid dienone is 4. The second-order valence-electron chi connectivity index (χ2n) is 9.98. The molecular formula is C35H44N4. The van der Waals surface area contributed by atoms with Crippen LogP contribution in [0.5, 0.6) is 0 Å². The average molecular weight is 521 g/mol. The predicted octanol–water partition coefficient (Wildman–Crippen LogP) is 7.25. The Morgan fingerprint density at radius 1 is 0.564 bits per heavy atom. The molecule has 1 heterocycles. The summed E-state index contributed by atoms with van der Waals surface area (Å²) in [5.74, 6) is 0.